The van der Waals surface area contributed by atoms with E-state index in [1.807, 2.05) is 6.92 Å². The van der Waals surface area contributed by atoms with Crippen LogP contribution in [-0.4, -0.2) is 25.8 Å². The van der Waals surface area contributed by atoms with E-state index in [2.05, 4.69) is 5.32 Å². The maximum atomic E-state index is 5.34. The highest BCUT2D eigenvalue weighted by Crippen LogP contribution is 2.01. The Morgan fingerprint density at radius 3 is 3.12 bits per heavy atom. The standard InChI is InChI=1S/C6H13NO/c1-2-8-6-3-4-7-5-6/h6-7H,2-5H2,1H3/t6-/m1/s1. The Labute approximate surface area is 50.2 Å². The van der Waals surface area contributed by atoms with Crippen molar-refractivity contribution in [3.63, 3.8) is 0 Å². The first-order chi connectivity index (χ1) is 3.93. The van der Waals surface area contributed by atoms with Crippen LogP contribution in [0.3, 0.4) is 0 Å². The van der Waals surface area contributed by atoms with E-state index in [1.165, 1.54) is 6.42 Å². The number of hydrogen-bond acceptors (Lipinski definition) is 2. The van der Waals surface area contributed by atoms with Gasteiger partial charge in [0.1, 0.15) is 0 Å². The molecule has 1 atom stereocenters. The van der Waals surface area contributed by atoms with Crippen molar-refractivity contribution in [2.24, 2.45) is 0 Å². The van der Waals surface area contributed by atoms with Gasteiger partial charge in [0.05, 0.1) is 6.10 Å². The van der Waals surface area contributed by atoms with Crippen molar-refractivity contribution in [2.75, 3.05) is 19.7 Å². The minimum Gasteiger partial charge on any atom is -0.377 e. The first-order valence-corrected chi connectivity index (χ1v) is 3.26. The molecule has 1 aliphatic heterocycles. The summed E-state index contributed by atoms with van der Waals surface area (Å²) in [5.74, 6) is 0. The molecule has 2 heteroatoms. The molecule has 0 saturated carbocycles. The zero-order valence-electron chi connectivity index (χ0n) is 5.31. The van der Waals surface area contributed by atoms with Crippen LogP contribution in [0.25, 0.3) is 0 Å². The van der Waals surface area contributed by atoms with Crippen LogP contribution in [0.4, 0.5) is 0 Å². The first kappa shape index (κ1) is 6.05. The molecule has 0 aromatic heterocycles. The second-order valence-corrected chi connectivity index (χ2v) is 2.07. The molecule has 1 N–H and O–H groups in total. The van der Waals surface area contributed by atoms with Crippen LogP contribution in [-0.2, 0) is 4.74 Å². The third-order valence-corrected chi connectivity index (χ3v) is 1.42. The molecule has 1 rings (SSSR count). The van der Waals surface area contributed by atoms with Crippen molar-refractivity contribution in [3.8, 4) is 0 Å². The van der Waals surface area contributed by atoms with E-state index in [-0.39, 0.29) is 0 Å². The molecule has 48 valence electrons. The lowest BCUT2D eigenvalue weighted by Crippen LogP contribution is -2.16. The van der Waals surface area contributed by atoms with Crippen LogP contribution >= 0.6 is 0 Å². The molecule has 1 aliphatic rings. The zero-order chi connectivity index (χ0) is 5.82. The van der Waals surface area contributed by atoms with Crippen molar-refractivity contribution in [3.05, 3.63) is 0 Å². The molecule has 0 aliphatic carbocycles. The summed E-state index contributed by atoms with van der Waals surface area (Å²) in [5.41, 5.74) is 0. The van der Waals surface area contributed by atoms with Gasteiger partial charge in [0.15, 0.2) is 0 Å². The predicted octanol–water partition coefficient (Wildman–Crippen LogP) is 0.385. The van der Waals surface area contributed by atoms with Crippen LogP contribution in [0.1, 0.15) is 13.3 Å². The minimum absolute atomic E-state index is 0.500. The van der Waals surface area contributed by atoms with Gasteiger partial charge in [0.25, 0.3) is 0 Å². The van der Waals surface area contributed by atoms with Crippen molar-refractivity contribution in [2.45, 2.75) is 19.4 Å². The van der Waals surface area contributed by atoms with E-state index in [1.54, 1.807) is 0 Å². The second kappa shape index (κ2) is 3.05. The Balaban J connectivity index is 2.06. The predicted molar refractivity (Wildman–Crippen MR) is 32.9 cm³/mol. The van der Waals surface area contributed by atoms with Crippen LogP contribution in [0, 0.1) is 0 Å². The highest BCUT2D eigenvalue weighted by Gasteiger charge is 2.12. The molecule has 0 amide bonds. The molecule has 0 unspecified atom stereocenters. The van der Waals surface area contributed by atoms with Crippen LogP contribution in [0.2, 0.25) is 0 Å². The van der Waals surface area contributed by atoms with Gasteiger partial charge in [-0.3, -0.25) is 0 Å². The molecule has 2 nitrogen and oxygen atoms in total. The van der Waals surface area contributed by atoms with Gasteiger partial charge >= 0.3 is 0 Å². The summed E-state index contributed by atoms with van der Waals surface area (Å²) in [6.07, 6.45) is 1.69. The summed E-state index contributed by atoms with van der Waals surface area (Å²) in [4.78, 5) is 0. The Bertz CT molecular complexity index is 59.5. The molecule has 1 heterocycles. The van der Waals surface area contributed by atoms with Crippen molar-refractivity contribution < 1.29 is 4.74 Å². The lowest BCUT2D eigenvalue weighted by molar-refractivity contribution is 0.0775. The summed E-state index contributed by atoms with van der Waals surface area (Å²) in [5, 5.41) is 3.23. The van der Waals surface area contributed by atoms with E-state index in [0.29, 0.717) is 6.10 Å². The topological polar surface area (TPSA) is 21.3 Å². The average Bonchev–Trinajstić information content (AvgIpc) is 2.19. The molecule has 0 aromatic rings. The summed E-state index contributed by atoms with van der Waals surface area (Å²) >= 11 is 0. The lowest BCUT2D eigenvalue weighted by atomic mass is 10.3. The Morgan fingerprint density at radius 2 is 2.62 bits per heavy atom. The van der Waals surface area contributed by atoms with Gasteiger partial charge in [0.2, 0.25) is 0 Å². The fourth-order valence-corrected chi connectivity index (χ4v) is 1.01. The van der Waals surface area contributed by atoms with Gasteiger partial charge in [-0.2, -0.15) is 0 Å². The van der Waals surface area contributed by atoms with E-state index >= 15 is 0 Å². The number of rotatable bonds is 2. The van der Waals surface area contributed by atoms with Crippen molar-refractivity contribution >= 4 is 0 Å². The van der Waals surface area contributed by atoms with Gasteiger partial charge in [-0.15, -0.1) is 0 Å². The number of ether oxygens (including phenoxy) is 1. The van der Waals surface area contributed by atoms with Gasteiger partial charge in [0, 0.05) is 13.2 Å². The summed E-state index contributed by atoms with van der Waals surface area (Å²) in [6, 6.07) is 0. The molecule has 0 radical (unpaired) electrons. The van der Waals surface area contributed by atoms with Gasteiger partial charge in [-0.25, -0.2) is 0 Å². The summed E-state index contributed by atoms with van der Waals surface area (Å²) in [6.45, 7) is 5.07. The SMILES string of the molecule is CCO[C@@H]1CCNC1. The number of hydrogen-bond donors (Lipinski definition) is 1. The molecule has 0 aromatic carbocycles. The number of nitrogens with one attached hydrogen (secondary N) is 1. The quantitative estimate of drug-likeness (QED) is 0.562. The van der Waals surface area contributed by atoms with E-state index < -0.39 is 0 Å². The molecule has 8 heavy (non-hydrogen) atoms. The highest BCUT2D eigenvalue weighted by atomic mass is 16.5. The third-order valence-electron chi connectivity index (χ3n) is 1.42. The largest absolute Gasteiger partial charge is 0.377 e. The van der Waals surface area contributed by atoms with Crippen molar-refractivity contribution in [1.29, 1.82) is 0 Å². The van der Waals surface area contributed by atoms with Gasteiger partial charge in [-0.1, -0.05) is 0 Å². The maximum absolute atomic E-state index is 5.34. The Morgan fingerprint density at radius 1 is 1.75 bits per heavy atom. The molecule has 0 bridgehead atoms. The summed E-state index contributed by atoms with van der Waals surface area (Å²) < 4.78 is 5.34. The van der Waals surface area contributed by atoms with E-state index in [9.17, 15) is 0 Å². The van der Waals surface area contributed by atoms with Crippen LogP contribution < -0.4 is 5.32 Å². The molecule has 1 fully saturated rings. The minimum atomic E-state index is 0.500. The fourth-order valence-electron chi connectivity index (χ4n) is 1.01. The average molecular weight is 115 g/mol. The zero-order valence-corrected chi connectivity index (χ0v) is 5.31. The Kier molecular flexibility index (Phi) is 2.30. The van der Waals surface area contributed by atoms with E-state index in [0.717, 1.165) is 19.7 Å². The monoisotopic (exact) mass is 115 g/mol. The normalized spacial score (nSPS) is 28.9. The van der Waals surface area contributed by atoms with Gasteiger partial charge < -0.3 is 10.1 Å². The molecule has 0 spiro atoms. The molecular weight excluding hydrogens is 102 g/mol. The lowest BCUT2D eigenvalue weighted by Gasteiger charge is -2.05. The van der Waals surface area contributed by atoms with Gasteiger partial charge in [-0.05, 0) is 19.9 Å². The highest BCUT2D eigenvalue weighted by molar-refractivity contribution is 4.70. The second-order valence-electron chi connectivity index (χ2n) is 2.07. The third kappa shape index (κ3) is 1.46. The van der Waals surface area contributed by atoms with Crippen molar-refractivity contribution in [1.82, 2.24) is 5.32 Å². The maximum Gasteiger partial charge on any atom is 0.0711 e. The molecular formula is C6H13NO. The summed E-state index contributed by atoms with van der Waals surface area (Å²) in [7, 11) is 0. The van der Waals surface area contributed by atoms with Crippen LogP contribution in [0.5, 0.6) is 0 Å². The fraction of sp³-hybridized carbons (Fsp3) is 1.00. The first-order valence-electron chi connectivity index (χ1n) is 3.26. The Hall–Kier alpha value is -0.0800. The van der Waals surface area contributed by atoms with Crippen LogP contribution in [0.15, 0.2) is 0 Å². The van der Waals surface area contributed by atoms with E-state index in [4.69, 9.17) is 4.74 Å². The smallest absolute Gasteiger partial charge is 0.0711 e. The molecule has 1 saturated heterocycles.